The third-order valence-electron chi connectivity index (χ3n) is 2.49. The summed E-state index contributed by atoms with van der Waals surface area (Å²) >= 11 is 3.45. The van der Waals surface area contributed by atoms with Crippen molar-refractivity contribution < 1.29 is 0 Å². The van der Waals surface area contributed by atoms with E-state index in [4.69, 9.17) is 0 Å². The number of pyridine rings is 1. The van der Waals surface area contributed by atoms with E-state index in [2.05, 4.69) is 35.8 Å². The van der Waals surface area contributed by atoms with Gasteiger partial charge in [0.1, 0.15) is 12.1 Å². The predicted octanol–water partition coefficient (Wildman–Crippen LogP) is 2.31. The molecule has 0 radical (unpaired) electrons. The van der Waals surface area contributed by atoms with Crippen LogP contribution in [0, 0.1) is 0 Å². The first-order valence-electron chi connectivity index (χ1n) is 5.33. The van der Waals surface area contributed by atoms with Crippen LogP contribution in [0.3, 0.4) is 0 Å². The van der Waals surface area contributed by atoms with Crippen LogP contribution < -0.4 is 4.90 Å². The van der Waals surface area contributed by atoms with Crippen molar-refractivity contribution in [1.29, 1.82) is 0 Å². The molecule has 0 atom stereocenters. The maximum atomic E-state index is 4.25. The highest BCUT2D eigenvalue weighted by Gasteiger charge is 2.06. The molecular formula is C12H13BrN4. The molecule has 0 N–H and O–H groups in total. The fourth-order valence-corrected chi connectivity index (χ4v) is 2.06. The molecule has 0 aromatic carbocycles. The van der Waals surface area contributed by atoms with E-state index in [0.717, 1.165) is 23.3 Å². The molecule has 0 aliphatic heterocycles. The minimum atomic E-state index is 0.902. The summed E-state index contributed by atoms with van der Waals surface area (Å²) in [5.41, 5.74) is 1.28. The Hall–Kier alpha value is -1.49. The Morgan fingerprint density at radius 3 is 2.71 bits per heavy atom. The minimum Gasteiger partial charge on any atom is -0.358 e. The van der Waals surface area contributed by atoms with E-state index >= 15 is 0 Å². The van der Waals surface area contributed by atoms with Gasteiger partial charge in [-0.15, -0.1) is 0 Å². The summed E-state index contributed by atoms with van der Waals surface area (Å²) in [5.74, 6) is 0.911. The molecule has 0 spiro atoms. The third kappa shape index (κ3) is 3.23. The molecule has 0 saturated carbocycles. The van der Waals surface area contributed by atoms with Crippen molar-refractivity contribution in [2.75, 3.05) is 18.5 Å². The summed E-state index contributed by atoms with van der Waals surface area (Å²) in [4.78, 5) is 14.3. The van der Waals surface area contributed by atoms with Crippen molar-refractivity contribution >= 4 is 21.7 Å². The van der Waals surface area contributed by atoms with Crippen molar-refractivity contribution in [3.05, 3.63) is 47.1 Å². The zero-order valence-electron chi connectivity index (χ0n) is 9.55. The molecule has 0 unspecified atom stereocenters. The van der Waals surface area contributed by atoms with E-state index in [1.807, 2.05) is 31.6 Å². The summed E-state index contributed by atoms with van der Waals surface area (Å²) in [7, 11) is 2.02. The first-order chi connectivity index (χ1) is 8.27. The molecule has 0 aliphatic rings. The van der Waals surface area contributed by atoms with Gasteiger partial charge in [-0.2, -0.15) is 0 Å². The van der Waals surface area contributed by atoms with Crippen molar-refractivity contribution in [3.63, 3.8) is 0 Å². The highest BCUT2D eigenvalue weighted by atomic mass is 79.9. The van der Waals surface area contributed by atoms with Crippen LogP contribution in [0.15, 0.2) is 41.5 Å². The Bertz CT molecular complexity index is 475. The molecule has 2 heterocycles. The fraction of sp³-hybridized carbons (Fsp3) is 0.250. The van der Waals surface area contributed by atoms with Gasteiger partial charge in [-0.1, -0.05) is 0 Å². The lowest BCUT2D eigenvalue weighted by Gasteiger charge is -2.18. The van der Waals surface area contributed by atoms with Crippen LogP contribution in [0.25, 0.3) is 0 Å². The number of nitrogens with zero attached hydrogens (tertiary/aromatic N) is 4. The molecule has 2 rings (SSSR count). The van der Waals surface area contributed by atoms with Crippen molar-refractivity contribution in [2.24, 2.45) is 0 Å². The smallest absolute Gasteiger partial charge is 0.146 e. The molecule has 2 aromatic rings. The molecule has 0 fully saturated rings. The fourth-order valence-electron chi connectivity index (χ4n) is 1.54. The number of likely N-dealkylation sites (N-methyl/N-ethyl adjacent to an activating group) is 1. The third-order valence-corrected chi connectivity index (χ3v) is 3.05. The van der Waals surface area contributed by atoms with Crippen LogP contribution in [0.2, 0.25) is 0 Å². The average molecular weight is 293 g/mol. The second-order valence-electron chi connectivity index (χ2n) is 3.72. The maximum Gasteiger partial charge on any atom is 0.146 e. The van der Waals surface area contributed by atoms with E-state index in [1.165, 1.54) is 5.56 Å². The van der Waals surface area contributed by atoms with E-state index in [-0.39, 0.29) is 0 Å². The Morgan fingerprint density at radius 2 is 2.00 bits per heavy atom. The van der Waals surface area contributed by atoms with E-state index in [1.54, 1.807) is 12.5 Å². The monoisotopic (exact) mass is 292 g/mol. The topological polar surface area (TPSA) is 41.9 Å². The van der Waals surface area contributed by atoms with Gasteiger partial charge in [-0.3, -0.25) is 4.98 Å². The quantitative estimate of drug-likeness (QED) is 0.867. The van der Waals surface area contributed by atoms with Crippen LogP contribution in [-0.2, 0) is 6.42 Å². The summed E-state index contributed by atoms with van der Waals surface area (Å²) in [6.45, 7) is 0.902. The molecule has 88 valence electrons. The van der Waals surface area contributed by atoms with Crippen molar-refractivity contribution in [2.45, 2.75) is 6.42 Å². The number of hydrogen-bond donors (Lipinski definition) is 0. The highest BCUT2D eigenvalue weighted by molar-refractivity contribution is 9.10. The second kappa shape index (κ2) is 5.72. The average Bonchev–Trinajstić information content (AvgIpc) is 2.38. The molecule has 0 saturated heterocycles. The largest absolute Gasteiger partial charge is 0.358 e. The van der Waals surface area contributed by atoms with Crippen LogP contribution >= 0.6 is 15.9 Å². The summed E-state index contributed by atoms with van der Waals surface area (Å²) < 4.78 is 0.914. The number of anilines is 1. The SMILES string of the molecule is CN(CCc1ccncc1)c1ncncc1Br. The molecule has 2 aromatic heterocycles. The van der Waals surface area contributed by atoms with Gasteiger partial charge >= 0.3 is 0 Å². The van der Waals surface area contributed by atoms with Crippen LogP contribution in [-0.4, -0.2) is 28.5 Å². The molecule has 0 bridgehead atoms. The normalized spacial score (nSPS) is 10.2. The molecular weight excluding hydrogens is 280 g/mol. The first-order valence-corrected chi connectivity index (χ1v) is 6.12. The van der Waals surface area contributed by atoms with Gasteiger partial charge in [0.25, 0.3) is 0 Å². The first kappa shape index (κ1) is 12.0. The summed E-state index contributed by atoms with van der Waals surface area (Å²) in [6, 6.07) is 4.06. The van der Waals surface area contributed by atoms with Gasteiger partial charge < -0.3 is 4.90 Å². The van der Waals surface area contributed by atoms with Crippen molar-refractivity contribution in [3.8, 4) is 0 Å². The highest BCUT2D eigenvalue weighted by Crippen LogP contribution is 2.20. The Balaban J connectivity index is 1.99. The Morgan fingerprint density at radius 1 is 1.24 bits per heavy atom. The lowest BCUT2D eigenvalue weighted by molar-refractivity contribution is 0.851. The standard InChI is InChI=1S/C12H13BrN4/c1-17(12-11(13)8-15-9-16-12)7-4-10-2-5-14-6-3-10/h2-3,5-6,8-9H,4,7H2,1H3. The van der Waals surface area contributed by atoms with Gasteiger partial charge in [-0.05, 0) is 40.0 Å². The minimum absolute atomic E-state index is 0.902. The van der Waals surface area contributed by atoms with E-state index in [0.29, 0.717) is 0 Å². The maximum absolute atomic E-state index is 4.25. The predicted molar refractivity (Wildman–Crippen MR) is 70.9 cm³/mol. The summed E-state index contributed by atoms with van der Waals surface area (Å²) in [5, 5.41) is 0. The number of hydrogen-bond acceptors (Lipinski definition) is 4. The Labute approximate surface area is 109 Å². The molecule has 0 amide bonds. The van der Waals surface area contributed by atoms with Gasteiger partial charge in [0, 0.05) is 32.2 Å². The lowest BCUT2D eigenvalue weighted by atomic mass is 10.2. The van der Waals surface area contributed by atoms with Gasteiger partial charge in [0.2, 0.25) is 0 Å². The van der Waals surface area contributed by atoms with Crippen LogP contribution in [0.1, 0.15) is 5.56 Å². The van der Waals surface area contributed by atoms with Gasteiger partial charge in [0.05, 0.1) is 4.47 Å². The van der Waals surface area contributed by atoms with Crippen LogP contribution in [0.4, 0.5) is 5.82 Å². The molecule has 5 heteroatoms. The van der Waals surface area contributed by atoms with Crippen molar-refractivity contribution in [1.82, 2.24) is 15.0 Å². The second-order valence-corrected chi connectivity index (χ2v) is 4.58. The zero-order chi connectivity index (χ0) is 12.1. The zero-order valence-corrected chi connectivity index (χ0v) is 11.1. The number of halogens is 1. The Kier molecular flexibility index (Phi) is 4.03. The van der Waals surface area contributed by atoms with E-state index < -0.39 is 0 Å². The van der Waals surface area contributed by atoms with Crippen LogP contribution in [0.5, 0.6) is 0 Å². The molecule has 17 heavy (non-hydrogen) atoms. The van der Waals surface area contributed by atoms with E-state index in [9.17, 15) is 0 Å². The lowest BCUT2D eigenvalue weighted by Crippen LogP contribution is -2.21. The summed E-state index contributed by atoms with van der Waals surface area (Å²) in [6.07, 6.45) is 7.91. The molecule has 0 aliphatic carbocycles. The van der Waals surface area contributed by atoms with Gasteiger partial charge in [0.15, 0.2) is 0 Å². The molecule has 4 nitrogen and oxygen atoms in total. The van der Waals surface area contributed by atoms with Gasteiger partial charge in [-0.25, -0.2) is 9.97 Å². The number of aromatic nitrogens is 3. The number of rotatable bonds is 4.